The van der Waals surface area contributed by atoms with Crippen molar-refractivity contribution in [3.05, 3.63) is 47.0 Å². The number of carbonyl (C=O) groups is 1. The van der Waals surface area contributed by atoms with E-state index in [0.29, 0.717) is 11.6 Å². The van der Waals surface area contributed by atoms with E-state index >= 15 is 0 Å². The van der Waals surface area contributed by atoms with Crippen LogP contribution in [-0.4, -0.2) is 41.0 Å². The van der Waals surface area contributed by atoms with Crippen molar-refractivity contribution in [2.45, 2.75) is 11.1 Å². The third-order valence-corrected chi connectivity index (χ3v) is 6.57. The van der Waals surface area contributed by atoms with Gasteiger partial charge in [-0.2, -0.15) is 26.2 Å². The van der Waals surface area contributed by atoms with Crippen LogP contribution < -0.4 is 5.32 Å². The highest BCUT2D eigenvalue weighted by Gasteiger charge is 2.33. The van der Waals surface area contributed by atoms with Crippen molar-refractivity contribution in [1.29, 1.82) is 0 Å². The number of likely N-dealkylation sites (N-methyl/N-ethyl adjacent to an activating group) is 1. The van der Waals surface area contributed by atoms with Crippen LogP contribution in [0.1, 0.15) is 5.56 Å². The number of sulfonamides is 1. The van der Waals surface area contributed by atoms with E-state index in [1.54, 1.807) is 6.07 Å². The summed E-state index contributed by atoms with van der Waals surface area (Å²) in [6.45, 7) is -0.625. The molecule has 29 heavy (non-hydrogen) atoms. The van der Waals surface area contributed by atoms with Gasteiger partial charge in [-0.1, -0.05) is 17.7 Å². The Kier molecular flexibility index (Phi) is 5.81. The second-order valence-electron chi connectivity index (χ2n) is 5.89. The number of rotatable bonds is 5. The van der Waals surface area contributed by atoms with Crippen molar-refractivity contribution in [3.8, 4) is 0 Å². The van der Waals surface area contributed by atoms with Gasteiger partial charge in [0, 0.05) is 12.7 Å². The van der Waals surface area contributed by atoms with Crippen LogP contribution >= 0.6 is 23.3 Å². The maximum Gasteiger partial charge on any atom is 0.417 e. The second-order valence-corrected chi connectivity index (χ2v) is 8.84. The summed E-state index contributed by atoms with van der Waals surface area (Å²) >= 11 is 6.39. The first-order chi connectivity index (χ1) is 13.5. The number of carbonyl (C=O) groups excluding carboxylic acids is 1. The molecule has 0 radical (unpaired) electrons. The number of amides is 1. The molecule has 7 nitrogen and oxygen atoms in total. The van der Waals surface area contributed by atoms with Crippen LogP contribution in [0.2, 0.25) is 5.02 Å². The van der Waals surface area contributed by atoms with Crippen LogP contribution in [0.25, 0.3) is 11.0 Å². The summed E-state index contributed by atoms with van der Waals surface area (Å²) in [5.74, 6) is -0.824. The zero-order valence-corrected chi connectivity index (χ0v) is 17.0. The van der Waals surface area contributed by atoms with E-state index in [4.69, 9.17) is 11.6 Å². The van der Waals surface area contributed by atoms with Crippen LogP contribution in [-0.2, 0) is 21.0 Å². The molecule has 1 amide bonds. The first-order valence-electron chi connectivity index (χ1n) is 7.84. The summed E-state index contributed by atoms with van der Waals surface area (Å²) in [5, 5.41) is 1.72. The van der Waals surface area contributed by atoms with E-state index in [2.05, 4.69) is 14.1 Å². The Bertz CT molecular complexity index is 1180. The average molecular weight is 465 g/mol. The number of alkyl halides is 3. The lowest BCUT2D eigenvalue weighted by atomic mass is 10.2. The zero-order chi connectivity index (χ0) is 21.4. The molecule has 0 unspecified atom stereocenters. The lowest BCUT2D eigenvalue weighted by molar-refractivity contribution is -0.137. The van der Waals surface area contributed by atoms with Gasteiger partial charge in [-0.05, 0) is 30.3 Å². The molecule has 0 aliphatic rings. The normalized spacial score (nSPS) is 12.5. The number of nitrogens with zero attached hydrogens (tertiary/aromatic N) is 3. The Labute approximate surface area is 172 Å². The van der Waals surface area contributed by atoms with Crippen LogP contribution in [0, 0.1) is 0 Å². The minimum absolute atomic E-state index is 0.120. The van der Waals surface area contributed by atoms with Crippen molar-refractivity contribution in [1.82, 2.24) is 13.1 Å². The van der Waals surface area contributed by atoms with Gasteiger partial charge in [-0.3, -0.25) is 4.79 Å². The van der Waals surface area contributed by atoms with Crippen LogP contribution in [0.4, 0.5) is 18.9 Å². The molecule has 0 bridgehead atoms. The second kappa shape index (κ2) is 7.86. The zero-order valence-electron chi connectivity index (χ0n) is 14.6. The highest BCUT2D eigenvalue weighted by molar-refractivity contribution is 7.89. The number of fused-ring (bicyclic) bond motifs is 1. The topological polar surface area (TPSA) is 92.3 Å². The van der Waals surface area contributed by atoms with Gasteiger partial charge in [-0.15, -0.1) is 0 Å². The molecule has 0 saturated heterocycles. The molecule has 1 N–H and O–H groups in total. The van der Waals surface area contributed by atoms with Crippen molar-refractivity contribution in [2.75, 3.05) is 18.9 Å². The Morgan fingerprint density at radius 2 is 1.97 bits per heavy atom. The van der Waals surface area contributed by atoms with Crippen LogP contribution in [0.3, 0.4) is 0 Å². The van der Waals surface area contributed by atoms with Gasteiger partial charge >= 0.3 is 6.18 Å². The number of halogens is 4. The number of nitrogens with one attached hydrogen (secondary N) is 1. The SMILES string of the molecule is CN(CC(=O)Nc1ccc(Cl)c(C(F)(F)F)c1)S(=O)(=O)c1cccc2nsnc12. The predicted octanol–water partition coefficient (Wildman–Crippen LogP) is 3.62. The minimum Gasteiger partial charge on any atom is -0.325 e. The van der Waals surface area contributed by atoms with Gasteiger partial charge < -0.3 is 5.32 Å². The smallest absolute Gasteiger partial charge is 0.325 e. The standard InChI is InChI=1S/C16H12ClF3N4O3S2/c1-24(29(26,27)13-4-2-3-12-15(13)23-28-22-12)8-14(25)21-9-5-6-11(17)10(7-9)16(18,19)20/h2-7H,8H2,1H3,(H,21,25). The quantitative estimate of drug-likeness (QED) is 0.622. The molecule has 0 saturated carbocycles. The van der Waals surface area contributed by atoms with E-state index in [1.165, 1.54) is 25.2 Å². The number of hydrogen-bond donors (Lipinski definition) is 1. The molecule has 154 valence electrons. The van der Waals surface area contributed by atoms with E-state index in [0.717, 1.165) is 22.1 Å². The molecule has 1 heterocycles. The minimum atomic E-state index is -4.70. The lowest BCUT2D eigenvalue weighted by Crippen LogP contribution is -2.35. The molecular formula is C16H12ClF3N4O3S2. The van der Waals surface area contributed by atoms with Gasteiger partial charge in [0.2, 0.25) is 15.9 Å². The summed E-state index contributed by atoms with van der Waals surface area (Å²) in [4.78, 5) is 12.1. The Morgan fingerprint density at radius 1 is 1.24 bits per heavy atom. The van der Waals surface area contributed by atoms with Crippen molar-refractivity contribution >= 4 is 56.0 Å². The predicted molar refractivity (Wildman–Crippen MR) is 102 cm³/mol. The first kappa shape index (κ1) is 21.4. The monoisotopic (exact) mass is 464 g/mol. The van der Waals surface area contributed by atoms with Crippen LogP contribution in [0.5, 0.6) is 0 Å². The summed E-state index contributed by atoms with van der Waals surface area (Å²) in [7, 11) is -2.91. The summed E-state index contributed by atoms with van der Waals surface area (Å²) in [6.07, 6.45) is -4.70. The number of aromatic nitrogens is 2. The Morgan fingerprint density at radius 3 is 2.66 bits per heavy atom. The molecule has 3 aromatic rings. The van der Waals surface area contributed by atoms with Crippen molar-refractivity contribution in [2.24, 2.45) is 0 Å². The third-order valence-electron chi connectivity index (χ3n) is 3.86. The van der Waals surface area contributed by atoms with Gasteiger partial charge in [0.15, 0.2) is 0 Å². The van der Waals surface area contributed by atoms with Gasteiger partial charge in [0.25, 0.3) is 0 Å². The molecular weight excluding hydrogens is 453 g/mol. The maximum absolute atomic E-state index is 12.9. The van der Waals surface area contributed by atoms with Crippen molar-refractivity contribution in [3.63, 3.8) is 0 Å². The average Bonchev–Trinajstić information content (AvgIpc) is 3.10. The molecule has 0 aliphatic carbocycles. The van der Waals surface area contributed by atoms with E-state index in [9.17, 15) is 26.4 Å². The molecule has 1 aromatic heterocycles. The lowest BCUT2D eigenvalue weighted by Gasteiger charge is -2.17. The highest BCUT2D eigenvalue weighted by Crippen LogP contribution is 2.36. The van der Waals surface area contributed by atoms with E-state index in [1.807, 2.05) is 0 Å². The number of anilines is 1. The molecule has 0 spiro atoms. The molecule has 0 fully saturated rings. The molecule has 3 rings (SSSR count). The van der Waals surface area contributed by atoms with Crippen molar-refractivity contribution < 1.29 is 26.4 Å². The van der Waals surface area contributed by atoms with E-state index in [-0.39, 0.29) is 16.1 Å². The van der Waals surface area contributed by atoms with Crippen LogP contribution in [0.15, 0.2) is 41.3 Å². The van der Waals surface area contributed by atoms with Gasteiger partial charge in [-0.25, -0.2) is 8.42 Å². The van der Waals surface area contributed by atoms with E-state index < -0.39 is 39.2 Å². The summed E-state index contributed by atoms with van der Waals surface area (Å²) in [6, 6.07) is 7.29. The molecule has 2 aromatic carbocycles. The molecule has 0 aliphatic heterocycles. The maximum atomic E-state index is 12.9. The number of hydrogen-bond acceptors (Lipinski definition) is 6. The largest absolute Gasteiger partial charge is 0.417 e. The Balaban J connectivity index is 1.78. The van der Waals surface area contributed by atoms with Gasteiger partial charge in [0.1, 0.15) is 15.9 Å². The fraction of sp³-hybridized carbons (Fsp3) is 0.188. The summed E-state index contributed by atoms with van der Waals surface area (Å²) < 4.78 is 73.0. The summed E-state index contributed by atoms with van der Waals surface area (Å²) in [5.41, 5.74) is -0.698. The molecule has 0 atom stereocenters. The first-order valence-corrected chi connectivity index (χ1v) is 10.4. The number of benzene rings is 2. The molecule has 13 heteroatoms. The third kappa shape index (κ3) is 4.50. The highest BCUT2D eigenvalue weighted by atomic mass is 35.5. The van der Waals surface area contributed by atoms with Gasteiger partial charge in [0.05, 0.1) is 28.9 Å². The Hall–Kier alpha value is -2.28. The fourth-order valence-electron chi connectivity index (χ4n) is 2.47. The fourth-order valence-corrected chi connectivity index (χ4v) is 4.57.